The Kier molecular flexibility index (Phi) is 1.94. The Morgan fingerprint density at radius 3 is 3.12 bits per heavy atom. The number of allylic oxidation sites excluding steroid dienone is 3. The summed E-state index contributed by atoms with van der Waals surface area (Å²) in [6, 6.07) is 0.334. The number of hydrogen-bond donors (Lipinski definition) is 1. The van der Waals surface area contributed by atoms with Gasteiger partial charge in [-0.25, -0.2) is 10.4 Å². The van der Waals surface area contributed by atoms with E-state index in [0.29, 0.717) is 6.04 Å². The van der Waals surface area contributed by atoms with Gasteiger partial charge in [0.15, 0.2) is 0 Å². The fourth-order valence-electron chi connectivity index (χ4n) is 2.56. The van der Waals surface area contributed by atoms with Crippen LogP contribution in [0.5, 0.6) is 0 Å². The van der Waals surface area contributed by atoms with Gasteiger partial charge in [0.05, 0.1) is 13.2 Å². The van der Waals surface area contributed by atoms with Crippen LogP contribution in [-0.4, -0.2) is 31.0 Å². The van der Waals surface area contributed by atoms with E-state index in [1.54, 1.807) is 7.11 Å². The highest BCUT2D eigenvalue weighted by atomic mass is 16.5. The van der Waals surface area contributed by atoms with E-state index in [2.05, 4.69) is 23.4 Å². The van der Waals surface area contributed by atoms with Crippen LogP contribution >= 0.6 is 0 Å². The first-order valence-electron chi connectivity index (χ1n) is 5.49. The molecule has 1 saturated heterocycles. The Morgan fingerprint density at radius 2 is 2.38 bits per heavy atom. The minimum Gasteiger partial charge on any atom is -0.494 e. The number of methoxy groups -OCH3 is 1. The van der Waals surface area contributed by atoms with Gasteiger partial charge in [-0.05, 0) is 25.0 Å². The molecule has 3 aliphatic rings. The average Bonchev–Trinajstić information content (AvgIpc) is 2.78. The molecule has 2 aliphatic heterocycles. The van der Waals surface area contributed by atoms with Crippen molar-refractivity contribution >= 4 is 5.84 Å². The van der Waals surface area contributed by atoms with Crippen LogP contribution in [0.1, 0.15) is 13.3 Å². The van der Waals surface area contributed by atoms with Crippen molar-refractivity contribution in [1.29, 1.82) is 0 Å². The summed E-state index contributed by atoms with van der Waals surface area (Å²) in [6.07, 6.45) is 5.08. The molecule has 0 aromatic carbocycles. The van der Waals surface area contributed by atoms with Crippen LogP contribution in [0.25, 0.3) is 0 Å². The second kappa shape index (κ2) is 3.22. The summed E-state index contributed by atoms with van der Waals surface area (Å²) < 4.78 is 5.35. The lowest BCUT2D eigenvalue weighted by atomic mass is 9.96. The number of likely N-dealkylation sites (N-methyl/N-ethyl adjacent to an activating group) is 1. The van der Waals surface area contributed by atoms with E-state index < -0.39 is 0 Å². The zero-order chi connectivity index (χ0) is 11.3. The van der Waals surface area contributed by atoms with Crippen LogP contribution in [0.15, 0.2) is 39.7 Å². The van der Waals surface area contributed by atoms with Gasteiger partial charge in [-0.1, -0.05) is 6.08 Å². The molecule has 1 aliphatic carbocycles. The second-order valence-electron chi connectivity index (χ2n) is 4.26. The maximum atomic E-state index is 5.35. The molecule has 84 valence electrons. The lowest BCUT2D eigenvalue weighted by Gasteiger charge is -2.15. The maximum Gasteiger partial charge on any atom is 0.148 e. The van der Waals surface area contributed by atoms with Gasteiger partial charge in [0, 0.05) is 12.6 Å². The zero-order valence-corrected chi connectivity index (χ0v) is 9.74. The highest BCUT2D eigenvalue weighted by Gasteiger charge is 2.37. The van der Waals surface area contributed by atoms with E-state index in [0.717, 1.165) is 23.7 Å². The molecule has 1 fully saturated rings. The summed E-state index contributed by atoms with van der Waals surface area (Å²) in [5.41, 5.74) is 6.97. The fourth-order valence-corrected chi connectivity index (χ4v) is 2.56. The minimum atomic E-state index is 0.334. The molecule has 0 amide bonds. The molecule has 16 heavy (non-hydrogen) atoms. The van der Waals surface area contributed by atoms with Crippen LogP contribution in [0.4, 0.5) is 0 Å². The van der Waals surface area contributed by atoms with E-state index in [4.69, 9.17) is 4.74 Å². The summed E-state index contributed by atoms with van der Waals surface area (Å²) >= 11 is 0. The predicted molar refractivity (Wildman–Crippen MR) is 62.6 cm³/mol. The normalized spacial score (nSPS) is 27.3. The first-order chi connectivity index (χ1) is 7.72. The molecule has 4 heteroatoms. The number of fused-ring (bicyclic) bond motifs is 2. The first kappa shape index (κ1) is 9.66. The van der Waals surface area contributed by atoms with Crippen LogP contribution in [0, 0.1) is 0 Å². The molecule has 1 atom stereocenters. The topological polar surface area (TPSA) is 36.9 Å². The van der Waals surface area contributed by atoms with Crippen molar-refractivity contribution in [3.8, 4) is 0 Å². The number of aliphatic imine (C=N–C) groups is 1. The van der Waals surface area contributed by atoms with Crippen molar-refractivity contribution in [2.45, 2.75) is 19.4 Å². The van der Waals surface area contributed by atoms with Crippen molar-refractivity contribution in [2.24, 2.45) is 4.99 Å². The predicted octanol–water partition coefficient (Wildman–Crippen LogP) is 1.35. The molecule has 0 bridgehead atoms. The van der Waals surface area contributed by atoms with Crippen molar-refractivity contribution < 1.29 is 4.74 Å². The Hall–Kier alpha value is -1.55. The van der Waals surface area contributed by atoms with E-state index >= 15 is 0 Å². The molecule has 0 aromatic heterocycles. The molecule has 0 radical (unpaired) electrons. The van der Waals surface area contributed by atoms with Crippen LogP contribution < -0.4 is 5.43 Å². The van der Waals surface area contributed by atoms with E-state index in [1.807, 2.05) is 18.1 Å². The molecular weight excluding hydrogens is 202 g/mol. The largest absolute Gasteiger partial charge is 0.494 e. The third kappa shape index (κ3) is 1.10. The lowest BCUT2D eigenvalue weighted by molar-refractivity contribution is 0.301. The van der Waals surface area contributed by atoms with Gasteiger partial charge in [0.1, 0.15) is 17.3 Å². The van der Waals surface area contributed by atoms with Gasteiger partial charge in [-0.15, -0.1) is 0 Å². The first-order valence-corrected chi connectivity index (χ1v) is 5.49. The van der Waals surface area contributed by atoms with Crippen LogP contribution in [0.2, 0.25) is 0 Å². The number of amidine groups is 1. The van der Waals surface area contributed by atoms with E-state index in [9.17, 15) is 0 Å². The molecule has 4 nitrogen and oxygen atoms in total. The molecular formula is C12H15N3O. The maximum absolute atomic E-state index is 5.35. The number of rotatable bonds is 1. The molecule has 0 spiro atoms. The number of hydrazine groups is 1. The Balaban J connectivity index is 2.17. The average molecular weight is 217 g/mol. The smallest absolute Gasteiger partial charge is 0.148 e. The Bertz CT molecular complexity index is 471. The molecule has 0 saturated carbocycles. The number of ether oxygens (including phenoxy) is 1. The van der Waals surface area contributed by atoms with Gasteiger partial charge in [0.2, 0.25) is 0 Å². The summed E-state index contributed by atoms with van der Waals surface area (Å²) in [7, 11) is 3.70. The zero-order valence-electron chi connectivity index (χ0n) is 9.74. The van der Waals surface area contributed by atoms with Crippen molar-refractivity contribution in [3.63, 3.8) is 0 Å². The Labute approximate surface area is 95.0 Å². The molecule has 2 heterocycles. The number of nitrogens with zero attached hydrogens (tertiary/aromatic N) is 2. The van der Waals surface area contributed by atoms with E-state index in [1.165, 1.54) is 11.1 Å². The standard InChI is InChI=1S/C12H15N3O/c1-7-10-8-5-4-6-9(16-3)11(8)13-12(10)15(2)14-7/h4,6-7,14H,5H2,1-3H3. The second-order valence-corrected chi connectivity index (χ2v) is 4.26. The highest BCUT2D eigenvalue weighted by molar-refractivity contribution is 6.05. The van der Waals surface area contributed by atoms with Crippen molar-refractivity contribution in [2.75, 3.05) is 14.2 Å². The monoisotopic (exact) mass is 217 g/mol. The minimum absolute atomic E-state index is 0.334. The van der Waals surface area contributed by atoms with Crippen molar-refractivity contribution in [1.82, 2.24) is 10.4 Å². The summed E-state index contributed by atoms with van der Waals surface area (Å²) in [6.45, 7) is 2.16. The Morgan fingerprint density at radius 1 is 1.56 bits per heavy atom. The van der Waals surface area contributed by atoms with Crippen LogP contribution in [-0.2, 0) is 4.74 Å². The van der Waals surface area contributed by atoms with E-state index in [-0.39, 0.29) is 0 Å². The summed E-state index contributed by atoms with van der Waals surface area (Å²) in [4.78, 5) is 4.67. The highest BCUT2D eigenvalue weighted by Crippen LogP contribution is 2.38. The van der Waals surface area contributed by atoms with Gasteiger partial charge >= 0.3 is 0 Å². The van der Waals surface area contributed by atoms with Gasteiger partial charge in [0.25, 0.3) is 0 Å². The fraction of sp³-hybridized carbons (Fsp3) is 0.417. The van der Waals surface area contributed by atoms with Crippen LogP contribution in [0.3, 0.4) is 0 Å². The third-order valence-corrected chi connectivity index (χ3v) is 3.25. The summed E-state index contributed by atoms with van der Waals surface area (Å²) in [5.74, 6) is 1.91. The number of nitrogens with one attached hydrogen (secondary N) is 1. The van der Waals surface area contributed by atoms with Crippen molar-refractivity contribution in [3.05, 3.63) is 34.8 Å². The molecule has 1 N–H and O–H groups in total. The molecule has 1 unspecified atom stereocenters. The van der Waals surface area contributed by atoms with Gasteiger partial charge < -0.3 is 4.74 Å². The molecule has 3 rings (SSSR count). The van der Waals surface area contributed by atoms with Gasteiger partial charge in [-0.3, -0.25) is 5.01 Å². The van der Waals surface area contributed by atoms with Gasteiger partial charge in [-0.2, -0.15) is 0 Å². The quantitative estimate of drug-likeness (QED) is 0.720. The SMILES string of the molecule is COC1=C2N=C3C(=C2CC=C1)C(C)NN3C. The molecule has 0 aromatic rings. The number of hydrogen-bond acceptors (Lipinski definition) is 4. The lowest BCUT2D eigenvalue weighted by Crippen LogP contribution is -2.32. The third-order valence-electron chi connectivity index (χ3n) is 3.25. The summed E-state index contributed by atoms with van der Waals surface area (Å²) in [5, 5.41) is 1.99.